The fraction of sp³-hybridized carbons (Fsp3) is 0.500. The van der Waals surface area contributed by atoms with Gasteiger partial charge in [-0.05, 0) is 12.8 Å². The Hall–Kier alpha value is -2.28. The second-order valence-electron chi connectivity index (χ2n) is 7.04. The van der Waals surface area contributed by atoms with Crippen LogP contribution in [0.1, 0.15) is 38.5 Å². The number of halogens is 1. The summed E-state index contributed by atoms with van der Waals surface area (Å²) >= 11 is 6.14. The molecular formula is C18H19ClN2O5. The van der Waals surface area contributed by atoms with Gasteiger partial charge >= 0.3 is 0 Å². The van der Waals surface area contributed by atoms with E-state index in [1.54, 1.807) is 12.1 Å². The normalized spacial score (nSPS) is 20.7. The molecule has 1 aromatic carbocycles. The lowest BCUT2D eigenvalue weighted by Gasteiger charge is -2.30. The summed E-state index contributed by atoms with van der Waals surface area (Å²) in [6.07, 6.45) is 4.65. The number of carbonyl (C=O) groups is 3. The molecule has 0 unspecified atom stereocenters. The number of rotatable bonds is 3. The number of likely N-dealkylation sites (tertiary alicyclic amines) is 1. The topological polar surface area (TPSA) is 84.9 Å². The Balaban J connectivity index is 1.45. The average molecular weight is 379 g/mol. The number of benzene rings is 1. The van der Waals surface area contributed by atoms with E-state index in [4.69, 9.17) is 21.1 Å². The maximum absolute atomic E-state index is 12.8. The lowest BCUT2D eigenvalue weighted by molar-refractivity contribution is -0.144. The maximum Gasteiger partial charge on any atom is 0.244 e. The molecule has 1 aromatic rings. The van der Waals surface area contributed by atoms with Crippen LogP contribution in [0.3, 0.4) is 0 Å². The van der Waals surface area contributed by atoms with Crippen molar-refractivity contribution < 1.29 is 23.9 Å². The van der Waals surface area contributed by atoms with Gasteiger partial charge in [0.1, 0.15) is 6.54 Å². The van der Waals surface area contributed by atoms with Crippen LogP contribution in [0.4, 0.5) is 5.69 Å². The monoisotopic (exact) mass is 378 g/mol. The largest absolute Gasteiger partial charge is 0.454 e. The minimum absolute atomic E-state index is 0.0991. The van der Waals surface area contributed by atoms with Crippen molar-refractivity contribution in [2.24, 2.45) is 5.41 Å². The van der Waals surface area contributed by atoms with E-state index in [0.29, 0.717) is 22.2 Å². The number of nitrogens with zero attached hydrogens (tertiary/aromatic N) is 1. The molecule has 7 nitrogen and oxygen atoms in total. The van der Waals surface area contributed by atoms with Crippen LogP contribution < -0.4 is 14.8 Å². The quantitative estimate of drug-likeness (QED) is 0.817. The predicted molar refractivity (Wildman–Crippen MR) is 93.1 cm³/mol. The minimum Gasteiger partial charge on any atom is -0.454 e. The second kappa shape index (κ2) is 6.46. The van der Waals surface area contributed by atoms with Gasteiger partial charge in [0.05, 0.1) is 16.1 Å². The van der Waals surface area contributed by atoms with Crippen LogP contribution in [0.2, 0.25) is 5.02 Å². The summed E-state index contributed by atoms with van der Waals surface area (Å²) in [7, 11) is 0. The molecule has 2 heterocycles. The number of hydrogen-bond donors (Lipinski definition) is 1. The Morgan fingerprint density at radius 3 is 2.58 bits per heavy atom. The standard InChI is InChI=1S/C18H19ClN2O5/c19-11-6-13-14(26-10-25-13)7-12(11)20-15(22)9-21-16(23)8-18(17(21)24)4-2-1-3-5-18/h6-7H,1-5,8-10H2,(H,20,22). The third kappa shape index (κ3) is 2.90. The lowest BCUT2D eigenvalue weighted by atomic mass is 9.73. The van der Waals surface area contributed by atoms with Crippen LogP contribution in [0, 0.1) is 5.41 Å². The molecule has 4 rings (SSSR count). The Morgan fingerprint density at radius 1 is 1.15 bits per heavy atom. The van der Waals surface area contributed by atoms with Gasteiger partial charge in [-0.25, -0.2) is 0 Å². The van der Waals surface area contributed by atoms with E-state index in [-0.39, 0.29) is 31.6 Å². The van der Waals surface area contributed by atoms with Gasteiger partial charge in [0.15, 0.2) is 11.5 Å². The zero-order chi connectivity index (χ0) is 18.3. The van der Waals surface area contributed by atoms with Gasteiger partial charge in [0.25, 0.3) is 0 Å². The van der Waals surface area contributed by atoms with Gasteiger partial charge in [-0.1, -0.05) is 30.9 Å². The first kappa shape index (κ1) is 17.1. The zero-order valence-electron chi connectivity index (χ0n) is 14.2. The van der Waals surface area contributed by atoms with Gasteiger partial charge in [-0.3, -0.25) is 19.3 Å². The predicted octanol–water partition coefficient (Wildman–Crippen LogP) is 2.72. The molecular weight excluding hydrogens is 360 g/mol. The molecule has 3 amide bonds. The van der Waals surface area contributed by atoms with Crippen LogP contribution in [-0.2, 0) is 14.4 Å². The van der Waals surface area contributed by atoms with E-state index in [0.717, 1.165) is 37.0 Å². The summed E-state index contributed by atoms with van der Waals surface area (Å²) in [5.74, 6) is 0.0367. The van der Waals surface area contributed by atoms with Gasteiger partial charge in [0.2, 0.25) is 24.5 Å². The number of hydrogen-bond acceptors (Lipinski definition) is 5. The number of amides is 3. The fourth-order valence-electron chi connectivity index (χ4n) is 3.99. The van der Waals surface area contributed by atoms with Gasteiger partial charge in [-0.15, -0.1) is 0 Å². The van der Waals surface area contributed by atoms with Crippen molar-refractivity contribution in [2.45, 2.75) is 38.5 Å². The summed E-state index contributed by atoms with van der Waals surface area (Å²) in [5.41, 5.74) is -0.237. The van der Waals surface area contributed by atoms with Gasteiger partial charge in [-0.2, -0.15) is 0 Å². The Bertz CT molecular complexity index is 788. The first-order valence-electron chi connectivity index (χ1n) is 8.72. The minimum atomic E-state index is -0.591. The lowest BCUT2D eigenvalue weighted by Crippen LogP contribution is -2.41. The molecule has 26 heavy (non-hydrogen) atoms. The van der Waals surface area contributed by atoms with Crippen LogP contribution in [0.5, 0.6) is 11.5 Å². The van der Waals surface area contributed by atoms with E-state index in [1.165, 1.54) is 0 Å². The van der Waals surface area contributed by atoms with Crippen molar-refractivity contribution in [1.29, 1.82) is 0 Å². The number of fused-ring (bicyclic) bond motifs is 1. The number of imide groups is 1. The van der Waals surface area contributed by atoms with Crippen molar-refractivity contribution >= 4 is 35.0 Å². The van der Waals surface area contributed by atoms with Gasteiger partial charge < -0.3 is 14.8 Å². The van der Waals surface area contributed by atoms with Crippen molar-refractivity contribution in [1.82, 2.24) is 4.90 Å². The molecule has 1 saturated heterocycles. The van der Waals surface area contributed by atoms with E-state index >= 15 is 0 Å². The van der Waals surface area contributed by atoms with Crippen LogP contribution in [0.15, 0.2) is 12.1 Å². The molecule has 3 aliphatic rings. The van der Waals surface area contributed by atoms with Crippen molar-refractivity contribution in [3.05, 3.63) is 17.2 Å². The maximum atomic E-state index is 12.8. The summed E-state index contributed by atoms with van der Waals surface area (Å²) in [5, 5.41) is 2.94. The smallest absolute Gasteiger partial charge is 0.244 e. The SMILES string of the molecule is O=C(CN1C(=O)CC2(CCCCC2)C1=O)Nc1cc2c(cc1Cl)OCO2. The third-order valence-corrected chi connectivity index (χ3v) is 5.65. The number of anilines is 1. The Kier molecular flexibility index (Phi) is 4.26. The molecule has 138 valence electrons. The highest BCUT2D eigenvalue weighted by molar-refractivity contribution is 6.34. The molecule has 1 aliphatic carbocycles. The molecule has 0 aromatic heterocycles. The summed E-state index contributed by atoms with van der Waals surface area (Å²) in [6, 6.07) is 3.13. The molecule has 0 atom stereocenters. The van der Waals surface area contributed by atoms with E-state index in [2.05, 4.69) is 5.32 Å². The Labute approximate surface area is 155 Å². The molecule has 0 bridgehead atoms. The van der Waals surface area contributed by atoms with Crippen molar-refractivity contribution in [3.63, 3.8) is 0 Å². The van der Waals surface area contributed by atoms with Crippen LogP contribution in [0.25, 0.3) is 0 Å². The van der Waals surface area contributed by atoms with Gasteiger partial charge in [0, 0.05) is 18.6 Å². The highest BCUT2D eigenvalue weighted by Crippen LogP contribution is 2.45. The molecule has 1 N–H and O–H groups in total. The molecule has 8 heteroatoms. The number of carbonyl (C=O) groups excluding carboxylic acids is 3. The van der Waals surface area contributed by atoms with E-state index < -0.39 is 11.3 Å². The fourth-order valence-corrected chi connectivity index (χ4v) is 4.19. The highest BCUT2D eigenvalue weighted by atomic mass is 35.5. The number of ether oxygens (including phenoxy) is 2. The number of nitrogens with one attached hydrogen (secondary N) is 1. The Morgan fingerprint density at radius 2 is 1.85 bits per heavy atom. The first-order valence-corrected chi connectivity index (χ1v) is 9.10. The zero-order valence-corrected chi connectivity index (χ0v) is 14.9. The molecule has 2 aliphatic heterocycles. The average Bonchev–Trinajstić information content (AvgIpc) is 3.14. The molecule has 0 radical (unpaired) electrons. The highest BCUT2D eigenvalue weighted by Gasteiger charge is 2.51. The van der Waals surface area contributed by atoms with E-state index in [1.807, 2.05) is 0 Å². The summed E-state index contributed by atoms with van der Waals surface area (Å²) in [6.45, 7) is -0.202. The van der Waals surface area contributed by atoms with Crippen LogP contribution in [-0.4, -0.2) is 36.0 Å². The molecule has 2 fully saturated rings. The third-order valence-electron chi connectivity index (χ3n) is 5.34. The first-order chi connectivity index (χ1) is 12.5. The summed E-state index contributed by atoms with van der Waals surface area (Å²) < 4.78 is 10.5. The second-order valence-corrected chi connectivity index (χ2v) is 7.44. The molecule has 1 saturated carbocycles. The van der Waals surface area contributed by atoms with Crippen molar-refractivity contribution in [2.75, 3.05) is 18.7 Å². The van der Waals surface area contributed by atoms with Crippen molar-refractivity contribution in [3.8, 4) is 11.5 Å². The summed E-state index contributed by atoms with van der Waals surface area (Å²) in [4.78, 5) is 38.6. The van der Waals surface area contributed by atoms with E-state index in [9.17, 15) is 14.4 Å². The van der Waals surface area contributed by atoms with Crippen LogP contribution >= 0.6 is 11.6 Å². The molecule has 1 spiro atoms.